The Hall–Kier alpha value is -3.00. The van der Waals surface area contributed by atoms with Crippen molar-refractivity contribution in [2.24, 2.45) is 0 Å². The van der Waals surface area contributed by atoms with Crippen LogP contribution in [0, 0.1) is 24.4 Å². The summed E-state index contributed by atoms with van der Waals surface area (Å²) in [7, 11) is 1.51. The number of hydrogen-bond acceptors (Lipinski definition) is 5. The average Bonchev–Trinajstić information content (AvgIpc) is 2.62. The van der Waals surface area contributed by atoms with Gasteiger partial charge in [-0.15, -0.1) is 0 Å². The lowest BCUT2D eigenvalue weighted by atomic mass is 10.2. The van der Waals surface area contributed by atoms with Crippen LogP contribution in [0.3, 0.4) is 0 Å². The van der Waals surface area contributed by atoms with Crippen molar-refractivity contribution in [3.8, 4) is 5.75 Å². The predicted molar refractivity (Wildman–Crippen MR) is 97.7 cm³/mol. The van der Waals surface area contributed by atoms with Crippen LogP contribution in [-0.2, 0) is 0 Å². The van der Waals surface area contributed by atoms with E-state index in [1.54, 1.807) is 25.1 Å². The summed E-state index contributed by atoms with van der Waals surface area (Å²) >= 11 is 6.01. The molecule has 0 radical (unpaired) electrons. The summed E-state index contributed by atoms with van der Waals surface area (Å²) < 4.78 is 45.6. The highest BCUT2D eigenvalue weighted by molar-refractivity contribution is 6.31. The number of nitrogens with one attached hydrogen (secondary N) is 2. The molecule has 2 aromatic carbocycles. The van der Waals surface area contributed by atoms with Crippen molar-refractivity contribution in [1.82, 2.24) is 9.97 Å². The van der Waals surface area contributed by atoms with Crippen molar-refractivity contribution in [3.63, 3.8) is 0 Å². The van der Waals surface area contributed by atoms with Crippen LogP contribution in [0.5, 0.6) is 5.75 Å². The van der Waals surface area contributed by atoms with Gasteiger partial charge in [0.2, 0.25) is 0 Å². The van der Waals surface area contributed by atoms with Crippen LogP contribution in [0.25, 0.3) is 0 Å². The highest BCUT2D eigenvalue weighted by Gasteiger charge is 2.14. The van der Waals surface area contributed by atoms with Crippen molar-refractivity contribution < 1.29 is 17.9 Å². The Kier molecular flexibility index (Phi) is 5.36. The largest absolute Gasteiger partial charge is 0.495 e. The summed E-state index contributed by atoms with van der Waals surface area (Å²) in [4.78, 5) is 8.36. The third kappa shape index (κ3) is 4.22. The van der Waals surface area contributed by atoms with E-state index in [0.717, 1.165) is 12.1 Å². The number of anilines is 4. The summed E-state index contributed by atoms with van der Waals surface area (Å²) in [6.07, 6.45) is 0. The third-order valence-corrected chi connectivity index (χ3v) is 3.80. The summed E-state index contributed by atoms with van der Waals surface area (Å²) in [5, 5.41) is 6.15. The molecule has 27 heavy (non-hydrogen) atoms. The Morgan fingerprint density at radius 1 is 0.889 bits per heavy atom. The summed E-state index contributed by atoms with van der Waals surface area (Å²) in [5.74, 6) is -2.70. The van der Waals surface area contributed by atoms with Crippen LogP contribution >= 0.6 is 11.6 Å². The Bertz CT molecular complexity index is 1000. The lowest BCUT2D eigenvalue weighted by Crippen LogP contribution is -2.04. The van der Waals surface area contributed by atoms with Crippen molar-refractivity contribution in [1.29, 1.82) is 0 Å². The van der Waals surface area contributed by atoms with Gasteiger partial charge >= 0.3 is 0 Å². The maximum Gasteiger partial charge on any atom is 0.196 e. The van der Waals surface area contributed by atoms with Gasteiger partial charge in [-0.1, -0.05) is 11.6 Å². The van der Waals surface area contributed by atoms with Crippen LogP contribution in [-0.4, -0.2) is 17.1 Å². The van der Waals surface area contributed by atoms with Gasteiger partial charge in [-0.25, -0.2) is 23.1 Å². The molecule has 0 aliphatic rings. The SMILES string of the molecule is COc1ccc(Cl)cc1Nc1cc(Nc2ccc(F)c(F)c2F)nc(C)n1. The molecule has 0 spiro atoms. The van der Waals surface area contributed by atoms with Crippen LogP contribution in [0.1, 0.15) is 5.82 Å². The monoisotopic (exact) mass is 394 g/mol. The predicted octanol–water partition coefficient (Wildman–Crippen LogP) is 5.35. The second-order valence-corrected chi connectivity index (χ2v) is 5.94. The molecule has 0 bridgehead atoms. The fraction of sp³-hybridized carbons (Fsp3) is 0.111. The minimum Gasteiger partial charge on any atom is -0.495 e. The Morgan fingerprint density at radius 2 is 1.56 bits per heavy atom. The van der Waals surface area contributed by atoms with E-state index in [2.05, 4.69) is 20.6 Å². The third-order valence-electron chi connectivity index (χ3n) is 3.56. The van der Waals surface area contributed by atoms with Gasteiger partial charge in [-0.2, -0.15) is 0 Å². The van der Waals surface area contributed by atoms with E-state index in [1.165, 1.54) is 13.2 Å². The topological polar surface area (TPSA) is 59.1 Å². The lowest BCUT2D eigenvalue weighted by molar-refractivity contribution is 0.417. The number of benzene rings is 2. The fourth-order valence-electron chi connectivity index (χ4n) is 2.37. The lowest BCUT2D eigenvalue weighted by Gasteiger charge is -2.13. The number of ether oxygens (including phenoxy) is 1. The zero-order chi connectivity index (χ0) is 19.6. The first-order valence-electron chi connectivity index (χ1n) is 7.74. The molecule has 1 heterocycles. The van der Waals surface area contributed by atoms with Gasteiger partial charge in [0.25, 0.3) is 0 Å². The first-order chi connectivity index (χ1) is 12.9. The van der Waals surface area contributed by atoms with Gasteiger partial charge in [0, 0.05) is 11.1 Å². The molecule has 3 rings (SSSR count). The number of nitrogens with zero attached hydrogens (tertiary/aromatic N) is 2. The van der Waals surface area contributed by atoms with Gasteiger partial charge in [-0.05, 0) is 37.3 Å². The molecule has 0 unspecified atom stereocenters. The molecule has 0 saturated heterocycles. The van der Waals surface area contributed by atoms with E-state index in [1.807, 2.05) is 0 Å². The minimum atomic E-state index is -1.56. The molecule has 0 amide bonds. The van der Waals surface area contributed by atoms with E-state index < -0.39 is 17.5 Å². The molecule has 2 N–H and O–H groups in total. The molecule has 0 aliphatic carbocycles. The Labute approximate surface area is 158 Å². The van der Waals surface area contributed by atoms with E-state index in [0.29, 0.717) is 28.1 Å². The molecule has 0 aliphatic heterocycles. The molecule has 0 fully saturated rings. The quantitative estimate of drug-likeness (QED) is 0.571. The average molecular weight is 395 g/mol. The van der Waals surface area contributed by atoms with Crippen LogP contribution in [0.2, 0.25) is 5.02 Å². The molecule has 140 valence electrons. The summed E-state index contributed by atoms with van der Waals surface area (Å²) in [6, 6.07) is 8.40. The highest BCUT2D eigenvalue weighted by Crippen LogP contribution is 2.31. The van der Waals surface area contributed by atoms with Crippen molar-refractivity contribution in [3.05, 3.63) is 64.7 Å². The fourth-order valence-corrected chi connectivity index (χ4v) is 2.54. The van der Waals surface area contributed by atoms with Gasteiger partial charge < -0.3 is 15.4 Å². The molecule has 0 atom stereocenters. The number of aromatic nitrogens is 2. The van der Waals surface area contributed by atoms with Gasteiger partial charge in [0.1, 0.15) is 23.2 Å². The number of hydrogen-bond donors (Lipinski definition) is 2. The molecule has 9 heteroatoms. The second kappa shape index (κ2) is 7.71. The van der Waals surface area contributed by atoms with E-state index in [9.17, 15) is 13.2 Å². The zero-order valence-electron chi connectivity index (χ0n) is 14.3. The molecule has 3 aromatic rings. The molecule has 5 nitrogen and oxygen atoms in total. The standard InChI is InChI=1S/C18H14ClF3N4O/c1-9-23-15(25-12-5-4-11(20)17(21)18(12)22)8-16(24-9)26-13-7-10(19)3-6-14(13)27-2/h3-8H,1-2H3,(H2,23,24,25,26). The molecular weight excluding hydrogens is 381 g/mol. The van der Waals surface area contributed by atoms with Gasteiger partial charge in [-0.3, -0.25) is 0 Å². The number of methoxy groups -OCH3 is 1. The maximum atomic E-state index is 13.9. The van der Waals surface area contributed by atoms with Crippen molar-refractivity contribution in [2.75, 3.05) is 17.7 Å². The second-order valence-electron chi connectivity index (χ2n) is 5.50. The number of halogens is 4. The van der Waals surface area contributed by atoms with E-state index in [4.69, 9.17) is 16.3 Å². The summed E-state index contributed by atoms with van der Waals surface area (Å²) in [5.41, 5.74) is 0.311. The van der Waals surface area contributed by atoms with Crippen LogP contribution in [0.4, 0.5) is 36.2 Å². The van der Waals surface area contributed by atoms with E-state index >= 15 is 0 Å². The zero-order valence-corrected chi connectivity index (χ0v) is 15.0. The molecule has 0 saturated carbocycles. The number of rotatable bonds is 5. The van der Waals surface area contributed by atoms with Crippen LogP contribution in [0.15, 0.2) is 36.4 Å². The first kappa shape index (κ1) is 18.8. The Balaban J connectivity index is 1.91. The maximum absolute atomic E-state index is 13.9. The van der Waals surface area contributed by atoms with Crippen molar-refractivity contribution in [2.45, 2.75) is 6.92 Å². The smallest absolute Gasteiger partial charge is 0.196 e. The van der Waals surface area contributed by atoms with Crippen LogP contribution < -0.4 is 15.4 Å². The Morgan fingerprint density at radius 3 is 2.22 bits per heavy atom. The van der Waals surface area contributed by atoms with Gasteiger partial charge in [0.15, 0.2) is 17.5 Å². The number of aryl methyl sites for hydroxylation is 1. The highest BCUT2D eigenvalue weighted by atomic mass is 35.5. The van der Waals surface area contributed by atoms with E-state index in [-0.39, 0.29) is 11.5 Å². The minimum absolute atomic E-state index is 0.191. The first-order valence-corrected chi connectivity index (χ1v) is 8.12. The van der Waals surface area contributed by atoms with Gasteiger partial charge in [0.05, 0.1) is 18.5 Å². The molecule has 1 aromatic heterocycles. The van der Waals surface area contributed by atoms with Crippen molar-refractivity contribution >= 4 is 34.6 Å². The normalized spacial score (nSPS) is 10.6. The molecular formula is C18H14ClF3N4O. The summed E-state index contributed by atoms with van der Waals surface area (Å²) in [6.45, 7) is 1.63.